The van der Waals surface area contributed by atoms with Crippen molar-refractivity contribution in [2.24, 2.45) is 5.92 Å². The van der Waals surface area contributed by atoms with Gasteiger partial charge in [-0.3, -0.25) is 4.90 Å². The normalized spacial score (nSPS) is 33.4. The second kappa shape index (κ2) is 6.67. The van der Waals surface area contributed by atoms with Gasteiger partial charge in [0.1, 0.15) is 6.04 Å². The Kier molecular flexibility index (Phi) is 5.15. The van der Waals surface area contributed by atoms with Crippen LogP contribution >= 0.6 is 11.8 Å². The molecule has 0 aliphatic carbocycles. The smallest absolute Gasteiger partial charge is 0.327 e. The van der Waals surface area contributed by atoms with Gasteiger partial charge in [-0.1, -0.05) is 6.92 Å². The molecule has 20 heavy (non-hydrogen) atoms. The van der Waals surface area contributed by atoms with Gasteiger partial charge in [0.2, 0.25) is 0 Å². The van der Waals surface area contributed by atoms with Crippen molar-refractivity contribution in [1.82, 2.24) is 10.2 Å². The lowest BCUT2D eigenvalue weighted by atomic mass is 10.0. The van der Waals surface area contributed by atoms with Gasteiger partial charge in [0.15, 0.2) is 0 Å². The minimum atomic E-state index is -0.929. The largest absolute Gasteiger partial charge is 0.480 e. The van der Waals surface area contributed by atoms with Crippen LogP contribution in [0.5, 0.6) is 0 Å². The molecule has 0 saturated carbocycles. The number of ether oxygens (including phenoxy) is 1. The Balaban J connectivity index is 1.93. The van der Waals surface area contributed by atoms with Crippen LogP contribution in [0.15, 0.2) is 0 Å². The molecule has 2 N–H and O–H groups in total. The molecule has 2 heterocycles. The number of urea groups is 1. The Hall–Kier alpha value is -0.950. The molecule has 0 aromatic heterocycles. The molecule has 2 aliphatic rings. The maximum Gasteiger partial charge on any atom is 0.327 e. The second-order valence-electron chi connectivity index (χ2n) is 5.27. The molecule has 4 atom stereocenters. The van der Waals surface area contributed by atoms with E-state index in [1.807, 2.05) is 13.8 Å². The molecule has 0 radical (unpaired) electrons. The first kappa shape index (κ1) is 15.4. The minimum Gasteiger partial charge on any atom is -0.480 e. The fourth-order valence-corrected chi connectivity index (χ4v) is 4.04. The predicted molar refractivity (Wildman–Crippen MR) is 76.7 cm³/mol. The van der Waals surface area contributed by atoms with Crippen LogP contribution in [0.3, 0.4) is 0 Å². The van der Waals surface area contributed by atoms with Crippen molar-refractivity contribution in [2.75, 3.05) is 18.9 Å². The molecule has 2 rings (SSSR count). The number of rotatable bonds is 4. The summed E-state index contributed by atoms with van der Waals surface area (Å²) in [6.45, 7) is 5.25. The zero-order valence-corrected chi connectivity index (χ0v) is 12.7. The van der Waals surface area contributed by atoms with Gasteiger partial charge in [0.05, 0.1) is 11.5 Å². The number of carboxylic acids is 1. The Labute approximate surface area is 123 Å². The van der Waals surface area contributed by atoms with Gasteiger partial charge in [0, 0.05) is 24.8 Å². The fourth-order valence-electron chi connectivity index (χ4n) is 2.69. The Morgan fingerprint density at radius 2 is 2.25 bits per heavy atom. The zero-order valence-electron chi connectivity index (χ0n) is 11.9. The molecule has 0 spiro atoms. The Morgan fingerprint density at radius 3 is 2.80 bits per heavy atom. The van der Waals surface area contributed by atoms with Crippen LogP contribution in [0.2, 0.25) is 0 Å². The highest BCUT2D eigenvalue weighted by Crippen LogP contribution is 2.31. The van der Waals surface area contributed by atoms with E-state index < -0.39 is 12.0 Å². The number of carbonyl (C=O) groups excluding carboxylic acids is 1. The van der Waals surface area contributed by atoms with Crippen LogP contribution in [0, 0.1) is 5.92 Å². The van der Waals surface area contributed by atoms with Crippen molar-refractivity contribution >= 4 is 23.8 Å². The van der Waals surface area contributed by atoms with E-state index in [2.05, 4.69) is 5.32 Å². The molecule has 2 amide bonds. The van der Waals surface area contributed by atoms with Crippen LogP contribution in [0.1, 0.15) is 26.7 Å². The van der Waals surface area contributed by atoms with E-state index in [0.29, 0.717) is 18.2 Å². The molecule has 7 heteroatoms. The van der Waals surface area contributed by atoms with Crippen LogP contribution < -0.4 is 5.32 Å². The van der Waals surface area contributed by atoms with E-state index in [1.54, 1.807) is 0 Å². The molecular weight excluding hydrogens is 280 g/mol. The third-order valence-corrected chi connectivity index (χ3v) is 5.46. The van der Waals surface area contributed by atoms with E-state index in [1.165, 1.54) is 16.7 Å². The number of nitrogens with one attached hydrogen (secondary N) is 1. The van der Waals surface area contributed by atoms with Crippen LogP contribution in [-0.2, 0) is 9.53 Å². The van der Waals surface area contributed by atoms with Crippen LogP contribution in [0.4, 0.5) is 4.79 Å². The molecule has 2 aliphatic heterocycles. The van der Waals surface area contributed by atoms with Crippen LogP contribution in [-0.4, -0.2) is 58.4 Å². The lowest BCUT2D eigenvalue weighted by Gasteiger charge is -2.27. The summed E-state index contributed by atoms with van der Waals surface area (Å²) >= 11 is 1.53. The van der Waals surface area contributed by atoms with Gasteiger partial charge < -0.3 is 15.2 Å². The van der Waals surface area contributed by atoms with Crippen molar-refractivity contribution in [3.8, 4) is 0 Å². The first-order chi connectivity index (χ1) is 9.54. The summed E-state index contributed by atoms with van der Waals surface area (Å²) in [5, 5.41) is 12.0. The highest BCUT2D eigenvalue weighted by Gasteiger charge is 2.41. The van der Waals surface area contributed by atoms with Crippen molar-refractivity contribution in [1.29, 1.82) is 0 Å². The summed E-state index contributed by atoms with van der Waals surface area (Å²) in [7, 11) is 0. The molecule has 0 bridgehead atoms. The van der Waals surface area contributed by atoms with Gasteiger partial charge >= 0.3 is 12.0 Å². The van der Waals surface area contributed by atoms with E-state index in [-0.39, 0.29) is 17.5 Å². The number of thioether (sulfide) groups is 1. The first-order valence-corrected chi connectivity index (χ1v) is 8.11. The highest BCUT2D eigenvalue weighted by molar-refractivity contribution is 8.00. The molecular formula is C13H22N2O4S. The van der Waals surface area contributed by atoms with Crippen molar-refractivity contribution < 1.29 is 19.4 Å². The summed E-state index contributed by atoms with van der Waals surface area (Å²) in [5.41, 5.74) is 0. The quantitative estimate of drug-likeness (QED) is 0.820. The number of amides is 2. The topological polar surface area (TPSA) is 78.9 Å². The van der Waals surface area contributed by atoms with E-state index in [0.717, 1.165) is 19.4 Å². The highest BCUT2D eigenvalue weighted by atomic mass is 32.2. The molecule has 4 unspecified atom stereocenters. The van der Waals surface area contributed by atoms with E-state index in [9.17, 15) is 14.7 Å². The van der Waals surface area contributed by atoms with Crippen LogP contribution in [0.25, 0.3) is 0 Å². The average molecular weight is 302 g/mol. The average Bonchev–Trinajstić information content (AvgIpc) is 3.01. The Bertz CT molecular complexity index is 379. The minimum absolute atomic E-state index is 0.0478. The molecule has 2 saturated heterocycles. The molecule has 6 nitrogen and oxygen atoms in total. The SMILES string of the molecule is CCC1SCC(C(=O)O)N1C(=O)NCC1CCOC1C. The second-order valence-corrected chi connectivity index (χ2v) is 6.48. The molecule has 0 aromatic rings. The standard InChI is InChI=1S/C13H22N2O4S/c1-3-11-15(10(7-20-11)12(16)17)13(18)14-6-9-4-5-19-8(9)2/h8-11H,3-7H2,1-2H3,(H,14,18)(H,16,17). The van der Waals surface area contributed by atoms with Gasteiger partial charge in [-0.05, 0) is 19.8 Å². The maximum absolute atomic E-state index is 12.3. The molecule has 0 aromatic carbocycles. The monoisotopic (exact) mass is 302 g/mol. The van der Waals surface area contributed by atoms with E-state index >= 15 is 0 Å². The third kappa shape index (κ3) is 3.20. The van der Waals surface area contributed by atoms with Gasteiger partial charge in [-0.15, -0.1) is 11.8 Å². The lowest BCUT2D eigenvalue weighted by molar-refractivity contribution is -0.141. The number of nitrogens with zero attached hydrogens (tertiary/aromatic N) is 1. The van der Waals surface area contributed by atoms with Crippen molar-refractivity contribution in [2.45, 2.75) is 44.2 Å². The lowest BCUT2D eigenvalue weighted by Crippen LogP contribution is -2.51. The summed E-state index contributed by atoms with van der Waals surface area (Å²) < 4.78 is 5.46. The summed E-state index contributed by atoms with van der Waals surface area (Å²) in [6, 6.07) is -0.990. The molecule has 2 fully saturated rings. The number of aliphatic carboxylic acids is 1. The molecule has 114 valence electrons. The van der Waals surface area contributed by atoms with E-state index in [4.69, 9.17) is 4.74 Å². The van der Waals surface area contributed by atoms with Gasteiger partial charge in [0.25, 0.3) is 0 Å². The summed E-state index contributed by atoms with van der Waals surface area (Å²) in [5.74, 6) is -0.150. The number of carboxylic acid groups (broad SMARTS) is 1. The first-order valence-electron chi connectivity index (χ1n) is 7.06. The Morgan fingerprint density at radius 1 is 1.50 bits per heavy atom. The summed E-state index contributed by atoms with van der Waals surface area (Å²) in [4.78, 5) is 25.0. The van der Waals surface area contributed by atoms with Crippen molar-refractivity contribution in [3.63, 3.8) is 0 Å². The zero-order chi connectivity index (χ0) is 14.7. The van der Waals surface area contributed by atoms with Gasteiger partial charge in [-0.25, -0.2) is 9.59 Å². The number of hydrogen-bond donors (Lipinski definition) is 2. The van der Waals surface area contributed by atoms with Crippen molar-refractivity contribution in [3.05, 3.63) is 0 Å². The maximum atomic E-state index is 12.3. The number of carbonyl (C=O) groups is 2. The number of hydrogen-bond acceptors (Lipinski definition) is 4. The predicted octanol–water partition coefficient (Wildman–Crippen LogP) is 1.36. The third-order valence-electron chi connectivity index (χ3n) is 4.01. The van der Waals surface area contributed by atoms with Gasteiger partial charge in [-0.2, -0.15) is 0 Å². The summed E-state index contributed by atoms with van der Waals surface area (Å²) in [6.07, 6.45) is 1.85. The fraction of sp³-hybridized carbons (Fsp3) is 0.846.